The van der Waals surface area contributed by atoms with Gasteiger partial charge in [-0.25, -0.2) is 0 Å². The molecule has 0 atom stereocenters. The fourth-order valence-electron chi connectivity index (χ4n) is 3.21. The van der Waals surface area contributed by atoms with Crippen molar-refractivity contribution in [2.45, 2.75) is 52.0 Å². The van der Waals surface area contributed by atoms with Crippen molar-refractivity contribution in [3.8, 4) is 0 Å². The molecule has 0 amide bonds. The Hall–Kier alpha value is -0.860. The van der Waals surface area contributed by atoms with Crippen molar-refractivity contribution in [1.82, 2.24) is 4.90 Å². The molecule has 0 saturated heterocycles. The van der Waals surface area contributed by atoms with E-state index in [2.05, 4.69) is 18.7 Å². The molecule has 1 aromatic rings. The minimum absolute atomic E-state index is 0.198. The van der Waals surface area contributed by atoms with Gasteiger partial charge in [-0.3, -0.25) is 9.69 Å². The summed E-state index contributed by atoms with van der Waals surface area (Å²) in [5, 5.41) is 0.635. The molecule has 1 aliphatic carbocycles. The van der Waals surface area contributed by atoms with Gasteiger partial charge in [0.25, 0.3) is 0 Å². The Bertz CT molecular complexity index is 466. The molecule has 0 heterocycles. The maximum atomic E-state index is 12.3. The van der Waals surface area contributed by atoms with E-state index in [4.69, 9.17) is 11.6 Å². The quantitative estimate of drug-likeness (QED) is 0.674. The molecule has 0 radical (unpaired) electrons. The van der Waals surface area contributed by atoms with Gasteiger partial charge in [0, 0.05) is 36.1 Å². The Balaban J connectivity index is 1.92. The van der Waals surface area contributed by atoms with E-state index < -0.39 is 0 Å². The summed E-state index contributed by atoms with van der Waals surface area (Å²) in [7, 11) is 0. The topological polar surface area (TPSA) is 20.3 Å². The van der Waals surface area contributed by atoms with Gasteiger partial charge in [-0.2, -0.15) is 0 Å². The average molecular weight is 308 g/mol. The van der Waals surface area contributed by atoms with Crippen LogP contribution in [0.1, 0.15) is 56.3 Å². The standard InChI is InChI=1S/C18H26ClNO/c1-14(2)13-20(17-8-3-4-9-17)11-10-18(21)15-6-5-7-16(19)12-15/h5-7,12,14,17H,3-4,8-11,13H2,1-2H3. The minimum atomic E-state index is 0.198. The van der Waals surface area contributed by atoms with E-state index in [1.54, 1.807) is 6.07 Å². The highest BCUT2D eigenvalue weighted by Gasteiger charge is 2.23. The molecule has 0 bridgehead atoms. The van der Waals surface area contributed by atoms with Crippen molar-refractivity contribution in [3.63, 3.8) is 0 Å². The van der Waals surface area contributed by atoms with E-state index >= 15 is 0 Å². The second-order valence-electron chi connectivity index (χ2n) is 6.51. The summed E-state index contributed by atoms with van der Waals surface area (Å²) in [6, 6.07) is 7.96. The third kappa shape index (κ3) is 5.12. The van der Waals surface area contributed by atoms with Crippen LogP contribution in [0.15, 0.2) is 24.3 Å². The van der Waals surface area contributed by atoms with Crippen LogP contribution < -0.4 is 0 Å². The van der Waals surface area contributed by atoms with Gasteiger partial charge in [0.05, 0.1) is 0 Å². The lowest BCUT2D eigenvalue weighted by Crippen LogP contribution is -2.37. The lowest BCUT2D eigenvalue weighted by atomic mass is 10.1. The van der Waals surface area contributed by atoms with E-state index in [1.807, 2.05) is 18.2 Å². The van der Waals surface area contributed by atoms with Crippen molar-refractivity contribution >= 4 is 17.4 Å². The summed E-state index contributed by atoms with van der Waals surface area (Å²) >= 11 is 5.96. The van der Waals surface area contributed by atoms with Gasteiger partial charge in [0.2, 0.25) is 0 Å². The SMILES string of the molecule is CC(C)CN(CCC(=O)c1cccc(Cl)c1)C1CCCC1. The van der Waals surface area contributed by atoms with Gasteiger partial charge in [-0.05, 0) is 30.9 Å². The zero-order valence-corrected chi connectivity index (χ0v) is 13.9. The molecule has 2 rings (SSSR count). The molecule has 3 heteroatoms. The highest BCUT2D eigenvalue weighted by Crippen LogP contribution is 2.24. The van der Waals surface area contributed by atoms with Crippen LogP contribution in [0.3, 0.4) is 0 Å². The zero-order chi connectivity index (χ0) is 15.2. The van der Waals surface area contributed by atoms with Gasteiger partial charge in [0.1, 0.15) is 0 Å². The van der Waals surface area contributed by atoms with Gasteiger partial charge < -0.3 is 0 Å². The third-order valence-corrected chi connectivity index (χ3v) is 4.45. The van der Waals surface area contributed by atoms with E-state index in [-0.39, 0.29) is 5.78 Å². The van der Waals surface area contributed by atoms with Crippen LogP contribution in [0.5, 0.6) is 0 Å². The van der Waals surface area contributed by atoms with Gasteiger partial charge in [-0.1, -0.05) is 50.4 Å². The molecule has 2 nitrogen and oxygen atoms in total. The predicted molar refractivity (Wildman–Crippen MR) is 89.1 cm³/mol. The predicted octanol–water partition coefficient (Wildman–Crippen LogP) is 4.81. The molecule has 1 fully saturated rings. The second kappa shape index (κ2) is 7.95. The first-order chi connectivity index (χ1) is 10.1. The summed E-state index contributed by atoms with van der Waals surface area (Å²) in [6.45, 7) is 6.46. The molecule has 0 N–H and O–H groups in total. The highest BCUT2D eigenvalue weighted by molar-refractivity contribution is 6.31. The fourth-order valence-corrected chi connectivity index (χ4v) is 3.40. The first-order valence-corrected chi connectivity index (χ1v) is 8.47. The Labute approximate surface area is 133 Å². The second-order valence-corrected chi connectivity index (χ2v) is 6.95. The summed E-state index contributed by atoms with van der Waals surface area (Å²) in [6.07, 6.45) is 5.84. The van der Waals surface area contributed by atoms with Crippen LogP contribution in [-0.4, -0.2) is 29.8 Å². The molecule has 0 unspecified atom stereocenters. The number of carbonyl (C=O) groups excluding carboxylic acids is 1. The van der Waals surface area contributed by atoms with Crippen molar-refractivity contribution in [2.75, 3.05) is 13.1 Å². The van der Waals surface area contributed by atoms with E-state index in [0.717, 1.165) is 18.7 Å². The number of hydrogen-bond donors (Lipinski definition) is 0. The molecule has 1 aromatic carbocycles. The Morgan fingerprint density at radius 2 is 2.05 bits per heavy atom. The molecule has 116 valence electrons. The number of Topliss-reactive ketones (excluding diaryl/α,β-unsaturated/α-hetero) is 1. The molecular weight excluding hydrogens is 282 g/mol. The maximum Gasteiger partial charge on any atom is 0.164 e. The van der Waals surface area contributed by atoms with Crippen molar-refractivity contribution in [3.05, 3.63) is 34.9 Å². The Morgan fingerprint density at radius 1 is 1.33 bits per heavy atom. The van der Waals surface area contributed by atoms with Gasteiger partial charge in [-0.15, -0.1) is 0 Å². The molecular formula is C18H26ClNO. The van der Waals surface area contributed by atoms with Crippen LogP contribution in [0.4, 0.5) is 0 Å². The molecule has 0 aliphatic heterocycles. The number of rotatable bonds is 7. The molecule has 21 heavy (non-hydrogen) atoms. The van der Waals surface area contributed by atoms with Crippen molar-refractivity contribution < 1.29 is 4.79 Å². The van der Waals surface area contributed by atoms with Gasteiger partial charge in [0.15, 0.2) is 5.78 Å². The molecule has 0 spiro atoms. The minimum Gasteiger partial charge on any atom is -0.300 e. The van der Waals surface area contributed by atoms with Crippen LogP contribution in [0, 0.1) is 5.92 Å². The molecule has 1 saturated carbocycles. The first kappa shape index (κ1) is 16.5. The van der Waals surface area contributed by atoms with E-state index in [1.165, 1.54) is 25.7 Å². The smallest absolute Gasteiger partial charge is 0.164 e. The van der Waals surface area contributed by atoms with Crippen molar-refractivity contribution in [1.29, 1.82) is 0 Å². The lowest BCUT2D eigenvalue weighted by Gasteiger charge is -2.30. The number of halogens is 1. The number of carbonyl (C=O) groups is 1. The van der Waals surface area contributed by atoms with Crippen LogP contribution in [0.2, 0.25) is 5.02 Å². The van der Waals surface area contributed by atoms with Crippen molar-refractivity contribution in [2.24, 2.45) is 5.92 Å². The summed E-state index contributed by atoms with van der Waals surface area (Å²) < 4.78 is 0. The first-order valence-electron chi connectivity index (χ1n) is 8.09. The van der Waals surface area contributed by atoms with Crippen LogP contribution in [0.25, 0.3) is 0 Å². The summed E-state index contributed by atoms with van der Waals surface area (Å²) in [5.74, 6) is 0.844. The molecule has 1 aliphatic rings. The summed E-state index contributed by atoms with van der Waals surface area (Å²) in [5.41, 5.74) is 0.735. The number of ketones is 1. The lowest BCUT2D eigenvalue weighted by molar-refractivity contribution is 0.0942. The number of benzene rings is 1. The number of hydrogen-bond acceptors (Lipinski definition) is 2. The summed E-state index contributed by atoms with van der Waals surface area (Å²) in [4.78, 5) is 14.8. The third-order valence-electron chi connectivity index (χ3n) is 4.21. The van der Waals surface area contributed by atoms with Crippen LogP contribution >= 0.6 is 11.6 Å². The molecule has 0 aromatic heterocycles. The fraction of sp³-hybridized carbons (Fsp3) is 0.611. The monoisotopic (exact) mass is 307 g/mol. The number of nitrogens with zero attached hydrogens (tertiary/aromatic N) is 1. The maximum absolute atomic E-state index is 12.3. The zero-order valence-electron chi connectivity index (χ0n) is 13.1. The largest absolute Gasteiger partial charge is 0.300 e. The van der Waals surface area contributed by atoms with E-state index in [9.17, 15) is 4.79 Å². The van der Waals surface area contributed by atoms with E-state index in [0.29, 0.717) is 23.4 Å². The van der Waals surface area contributed by atoms with Crippen LogP contribution in [-0.2, 0) is 0 Å². The van der Waals surface area contributed by atoms with Gasteiger partial charge >= 0.3 is 0 Å². The normalized spacial score (nSPS) is 16.0. The Kier molecular flexibility index (Phi) is 6.25. The Morgan fingerprint density at radius 3 is 2.67 bits per heavy atom. The average Bonchev–Trinajstić information content (AvgIpc) is 2.96. The highest BCUT2D eigenvalue weighted by atomic mass is 35.5.